The van der Waals surface area contributed by atoms with Gasteiger partial charge in [0, 0.05) is 13.1 Å². The summed E-state index contributed by atoms with van der Waals surface area (Å²) in [5, 5.41) is -1.08. The number of halogens is 3. The lowest BCUT2D eigenvalue weighted by atomic mass is 10.1. The fraction of sp³-hybridized carbons (Fsp3) is 0.889. The lowest BCUT2D eigenvalue weighted by Crippen LogP contribution is -2.43. The highest BCUT2D eigenvalue weighted by Gasteiger charge is 2.47. The first-order valence-corrected chi connectivity index (χ1v) is 7.36. The van der Waals surface area contributed by atoms with Crippen molar-refractivity contribution in [2.45, 2.75) is 31.2 Å². The molecule has 1 saturated heterocycles. The Morgan fingerprint density at radius 3 is 2.44 bits per heavy atom. The zero-order valence-electron chi connectivity index (χ0n) is 9.77. The van der Waals surface area contributed by atoms with E-state index in [1.165, 1.54) is 0 Å². The van der Waals surface area contributed by atoms with E-state index in [-0.39, 0.29) is 24.4 Å². The molecule has 2 N–H and O–H groups in total. The van der Waals surface area contributed by atoms with Gasteiger partial charge in [0.15, 0.2) is 0 Å². The summed E-state index contributed by atoms with van der Waals surface area (Å²) in [4.78, 5) is -0.201. The summed E-state index contributed by atoms with van der Waals surface area (Å²) in [6.07, 6.45) is -4.42. The molecule has 106 valence electrons. The molecule has 0 bridgehead atoms. The van der Waals surface area contributed by atoms with Gasteiger partial charge in [0.05, 0.1) is 10.9 Å². The molecule has 1 aliphatic heterocycles. The largest absolute Gasteiger partial charge is 0.393 e. The Balaban J connectivity index is 2.87. The third-order valence-corrected chi connectivity index (χ3v) is 5.81. The van der Waals surface area contributed by atoms with Crippen molar-refractivity contribution in [3.8, 4) is 0 Å². The first-order valence-electron chi connectivity index (χ1n) is 5.45. The molecule has 18 heavy (non-hydrogen) atoms. The standard InChI is InChI=1S/C9H15F3N2O2S2/c1-2-7(8(13)17)18(15,16)14-4-3-6(5-14)9(10,11)12/h6-7H,2-5H2,1H3,(H2,13,17). The van der Waals surface area contributed by atoms with Gasteiger partial charge in [0.25, 0.3) is 0 Å². The summed E-state index contributed by atoms with van der Waals surface area (Å²) in [5.74, 6) is -1.60. The van der Waals surface area contributed by atoms with Crippen LogP contribution in [0.25, 0.3) is 0 Å². The highest BCUT2D eigenvalue weighted by atomic mass is 32.2. The van der Waals surface area contributed by atoms with Crippen molar-refractivity contribution in [3.05, 3.63) is 0 Å². The van der Waals surface area contributed by atoms with Crippen LogP contribution >= 0.6 is 12.2 Å². The van der Waals surface area contributed by atoms with Gasteiger partial charge in [-0.1, -0.05) is 19.1 Å². The van der Waals surface area contributed by atoms with Crippen molar-refractivity contribution < 1.29 is 21.6 Å². The molecular formula is C9H15F3N2O2S2. The number of hydrogen-bond acceptors (Lipinski definition) is 3. The van der Waals surface area contributed by atoms with Gasteiger partial charge in [0.1, 0.15) is 5.25 Å². The summed E-state index contributed by atoms with van der Waals surface area (Å²) in [6, 6.07) is 0. The van der Waals surface area contributed by atoms with Crippen molar-refractivity contribution in [1.29, 1.82) is 0 Å². The van der Waals surface area contributed by atoms with Crippen LogP contribution in [-0.2, 0) is 10.0 Å². The third kappa shape index (κ3) is 3.12. The Bertz CT molecular complexity index is 422. The summed E-state index contributed by atoms with van der Waals surface area (Å²) in [5.41, 5.74) is 5.32. The topological polar surface area (TPSA) is 63.4 Å². The molecule has 1 aliphatic rings. The smallest absolute Gasteiger partial charge is 0.392 e. The molecule has 0 spiro atoms. The Hall–Kier alpha value is -0.410. The molecule has 0 aliphatic carbocycles. The van der Waals surface area contributed by atoms with E-state index in [0.29, 0.717) is 0 Å². The quantitative estimate of drug-likeness (QED) is 0.794. The molecule has 4 nitrogen and oxygen atoms in total. The predicted octanol–water partition coefficient (Wildman–Crippen LogP) is 1.27. The van der Waals surface area contributed by atoms with Gasteiger partial charge in [-0.25, -0.2) is 12.7 Å². The second-order valence-electron chi connectivity index (χ2n) is 4.23. The van der Waals surface area contributed by atoms with E-state index < -0.39 is 33.9 Å². The number of rotatable bonds is 4. The van der Waals surface area contributed by atoms with Crippen molar-refractivity contribution in [2.75, 3.05) is 13.1 Å². The second-order valence-corrected chi connectivity index (χ2v) is 6.82. The first-order chi connectivity index (χ1) is 8.10. The van der Waals surface area contributed by atoms with Crippen LogP contribution in [0.1, 0.15) is 19.8 Å². The van der Waals surface area contributed by atoms with Crippen LogP contribution in [0.4, 0.5) is 13.2 Å². The fourth-order valence-electron chi connectivity index (χ4n) is 1.97. The van der Waals surface area contributed by atoms with E-state index in [2.05, 4.69) is 12.2 Å². The molecule has 1 fully saturated rings. The average Bonchev–Trinajstić information content (AvgIpc) is 2.65. The monoisotopic (exact) mass is 304 g/mol. The maximum absolute atomic E-state index is 12.5. The van der Waals surface area contributed by atoms with Gasteiger partial charge < -0.3 is 5.73 Å². The highest BCUT2D eigenvalue weighted by molar-refractivity contribution is 7.92. The zero-order chi connectivity index (χ0) is 14.1. The third-order valence-electron chi connectivity index (χ3n) is 3.02. The van der Waals surface area contributed by atoms with E-state index in [1.807, 2.05) is 0 Å². The lowest BCUT2D eigenvalue weighted by molar-refractivity contribution is -0.169. The van der Waals surface area contributed by atoms with Gasteiger partial charge in [0.2, 0.25) is 10.0 Å². The Kier molecular flexibility index (Phi) is 4.60. The minimum atomic E-state index is -4.37. The van der Waals surface area contributed by atoms with E-state index in [9.17, 15) is 21.6 Å². The van der Waals surface area contributed by atoms with E-state index >= 15 is 0 Å². The first kappa shape index (κ1) is 15.6. The minimum absolute atomic E-state index is 0.133. The molecule has 0 radical (unpaired) electrons. The molecule has 1 rings (SSSR count). The van der Waals surface area contributed by atoms with Crippen molar-refractivity contribution in [1.82, 2.24) is 4.31 Å². The van der Waals surface area contributed by atoms with Crippen LogP contribution in [0.3, 0.4) is 0 Å². The molecule has 0 aromatic carbocycles. The van der Waals surface area contributed by atoms with E-state index in [0.717, 1.165) is 4.31 Å². The minimum Gasteiger partial charge on any atom is -0.392 e. The summed E-state index contributed by atoms with van der Waals surface area (Å²) >= 11 is 4.65. The second kappa shape index (κ2) is 5.30. The van der Waals surface area contributed by atoms with E-state index in [4.69, 9.17) is 5.73 Å². The number of nitrogens with two attached hydrogens (primary N) is 1. The fourth-order valence-corrected chi connectivity index (χ4v) is 4.32. The number of sulfonamides is 1. The Labute approximate surface area is 109 Å². The highest BCUT2D eigenvalue weighted by Crippen LogP contribution is 2.35. The van der Waals surface area contributed by atoms with Gasteiger partial charge in [-0.3, -0.25) is 0 Å². The molecule has 0 amide bonds. The average molecular weight is 304 g/mol. The molecule has 0 saturated carbocycles. The Morgan fingerprint density at radius 1 is 1.56 bits per heavy atom. The van der Waals surface area contributed by atoms with E-state index in [1.54, 1.807) is 6.92 Å². The van der Waals surface area contributed by atoms with Crippen molar-refractivity contribution in [3.63, 3.8) is 0 Å². The number of thiocarbonyl (C=S) groups is 1. The Morgan fingerprint density at radius 2 is 2.11 bits per heavy atom. The molecular weight excluding hydrogens is 289 g/mol. The van der Waals surface area contributed by atoms with Crippen LogP contribution in [-0.4, -0.2) is 42.2 Å². The molecule has 1 heterocycles. The maximum atomic E-state index is 12.5. The zero-order valence-corrected chi connectivity index (χ0v) is 11.4. The normalized spacial score (nSPS) is 24.1. The van der Waals surface area contributed by atoms with Gasteiger partial charge in [-0.05, 0) is 12.8 Å². The van der Waals surface area contributed by atoms with Crippen molar-refractivity contribution in [2.24, 2.45) is 11.7 Å². The van der Waals surface area contributed by atoms with Gasteiger partial charge in [-0.15, -0.1) is 0 Å². The molecule has 0 aromatic heterocycles. The lowest BCUT2D eigenvalue weighted by Gasteiger charge is -2.23. The van der Waals surface area contributed by atoms with Crippen LogP contribution < -0.4 is 5.73 Å². The molecule has 2 unspecified atom stereocenters. The molecule has 0 aromatic rings. The number of nitrogens with zero attached hydrogens (tertiary/aromatic N) is 1. The summed E-state index contributed by atoms with van der Waals surface area (Å²) in [6.45, 7) is 0.912. The van der Waals surface area contributed by atoms with Crippen molar-refractivity contribution >= 4 is 27.2 Å². The molecule has 9 heteroatoms. The number of hydrogen-bond donors (Lipinski definition) is 1. The van der Waals surface area contributed by atoms with Crippen LogP contribution in [0.15, 0.2) is 0 Å². The van der Waals surface area contributed by atoms with Crippen LogP contribution in [0.5, 0.6) is 0 Å². The van der Waals surface area contributed by atoms with Gasteiger partial charge >= 0.3 is 6.18 Å². The maximum Gasteiger partial charge on any atom is 0.393 e. The van der Waals surface area contributed by atoms with Crippen LogP contribution in [0.2, 0.25) is 0 Å². The summed E-state index contributed by atoms with van der Waals surface area (Å²) in [7, 11) is -3.88. The molecule has 2 atom stereocenters. The SMILES string of the molecule is CCC(C(N)=S)S(=O)(=O)N1CCC(C(F)(F)F)C1. The van der Waals surface area contributed by atoms with Crippen LogP contribution in [0, 0.1) is 5.92 Å². The summed E-state index contributed by atoms with van der Waals surface area (Å²) < 4.78 is 62.5. The predicted molar refractivity (Wildman–Crippen MR) is 65.5 cm³/mol. The van der Waals surface area contributed by atoms with Gasteiger partial charge in [-0.2, -0.15) is 13.2 Å². The number of alkyl halides is 3.